The zero-order valence-corrected chi connectivity index (χ0v) is 12.7. The van der Waals surface area contributed by atoms with Gasteiger partial charge in [-0.3, -0.25) is 9.59 Å². The normalized spacial score (nSPS) is 23.1. The lowest BCUT2D eigenvalue weighted by Crippen LogP contribution is -2.44. The number of likely N-dealkylation sites (N-methyl/N-ethyl adjacent to an activating group) is 1. The van der Waals surface area contributed by atoms with Crippen molar-refractivity contribution in [1.82, 2.24) is 4.90 Å². The standard InChI is InChI=1S/C16H21N3O3/c1-17-6-8-18(9-7-17)13-2-4-14(5-3-13)19-11-12(16(21)22)10-15(19)20/h2-5,12H,6-11H2,1H3,(H,21,22). The van der Waals surface area contributed by atoms with Gasteiger partial charge in [0, 0.05) is 50.5 Å². The molecule has 0 spiro atoms. The number of aliphatic carboxylic acids is 1. The van der Waals surface area contributed by atoms with E-state index in [-0.39, 0.29) is 18.9 Å². The molecule has 1 aromatic carbocycles. The smallest absolute Gasteiger partial charge is 0.308 e. The molecule has 0 aromatic heterocycles. The Labute approximate surface area is 129 Å². The molecule has 2 fully saturated rings. The Balaban J connectivity index is 1.69. The first-order valence-corrected chi connectivity index (χ1v) is 7.61. The number of anilines is 2. The van der Waals surface area contributed by atoms with Gasteiger partial charge in [-0.2, -0.15) is 0 Å². The highest BCUT2D eigenvalue weighted by Gasteiger charge is 2.35. The predicted octanol–water partition coefficient (Wildman–Crippen LogP) is 0.876. The summed E-state index contributed by atoms with van der Waals surface area (Å²) in [6.45, 7) is 4.36. The van der Waals surface area contributed by atoms with Crippen molar-refractivity contribution in [3.63, 3.8) is 0 Å². The quantitative estimate of drug-likeness (QED) is 0.898. The Morgan fingerprint density at radius 3 is 2.23 bits per heavy atom. The number of amides is 1. The first kappa shape index (κ1) is 14.8. The minimum Gasteiger partial charge on any atom is -0.481 e. The predicted molar refractivity (Wildman–Crippen MR) is 84.2 cm³/mol. The molecule has 1 amide bonds. The van der Waals surface area contributed by atoms with Gasteiger partial charge in [0.25, 0.3) is 0 Å². The molecule has 6 nitrogen and oxygen atoms in total. The van der Waals surface area contributed by atoms with Gasteiger partial charge in [0.05, 0.1) is 5.92 Å². The van der Waals surface area contributed by atoms with Gasteiger partial charge in [-0.25, -0.2) is 0 Å². The van der Waals surface area contributed by atoms with Gasteiger partial charge < -0.3 is 19.8 Å². The van der Waals surface area contributed by atoms with Gasteiger partial charge in [-0.1, -0.05) is 0 Å². The second-order valence-corrected chi connectivity index (χ2v) is 6.05. The average molecular weight is 303 g/mol. The summed E-state index contributed by atoms with van der Waals surface area (Å²) < 4.78 is 0. The lowest BCUT2D eigenvalue weighted by atomic mass is 10.1. The molecule has 3 rings (SSSR count). The van der Waals surface area contributed by atoms with Gasteiger partial charge in [-0.15, -0.1) is 0 Å². The summed E-state index contributed by atoms with van der Waals surface area (Å²) in [4.78, 5) is 29.2. The zero-order chi connectivity index (χ0) is 15.7. The Morgan fingerprint density at radius 1 is 1.09 bits per heavy atom. The van der Waals surface area contributed by atoms with E-state index in [1.807, 2.05) is 24.3 Å². The van der Waals surface area contributed by atoms with Crippen LogP contribution in [0.25, 0.3) is 0 Å². The maximum absolute atomic E-state index is 12.0. The molecule has 2 heterocycles. The number of nitrogens with zero attached hydrogens (tertiary/aromatic N) is 3. The van der Waals surface area contributed by atoms with Crippen LogP contribution in [-0.4, -0.2) is 61.7 Å². The van der Waals surface area contributed by atoms with Crippen LogP contribution in [0, 0.1) is 5.92 Å². The molecule has 0 aliphatic carbocycles. The number of benzene rings is 1. The minimum absolute atomic E-state index is 0.0928. The Hall–Kier alpha value is -2.08. The molecule has 1 unspecified atom stereocenters. The second kappa shape index (κ2) is 5.96. The molecule has 0 radical (unpaired) electrons. The van der Waals surface area contributed by atoms with Crippen molar-refractivity contribution in [2.75, 3.05) is 49.6 Å². The summed E-state index contributed by atoms with van der Waals surface area (Å²) in [5, 5.41) is 9.04. The van der Waals surface area contributed by atoms with Crippen molar-refractivity contribution in [1.29, 1.82) is 0 Å². The van der Waals surface area contributed by atoms with E-state index < -0.39 is 11.9 Å². The number of carboxylic acids is 1. The maximum atomic E-state index is 12.0. The summed E-state index contributed by atoms with van der Waals surface area (Å²) in [7, 11) is 2.12. The largest absolute Gasteiger partial charge is 0.481 e. The van der Waals surface area contributed by atoms with Gasteiger partial charge in [0.1, 0.15) is 0 Å². The van der Waals surface area contributed by atoms with Crippen LogP contribution in [0.3, 0.4) is 0 Å². The highest BCUT2D eigenvalue weighted by atomic mass is 16.4. The van der Waals surface area contributed by atoms with E-state index in [9.17, 15) is 9.59 Å². The Morgan fingerprint density at radius 2 is 1.68 bits per heavy atom. The van der Waals surface area contributed by atoms with E-state index in [1.165, 1.54) is 0 Å². The molecule has 22 heavy (non-hydrogen) atoms. The third kappa shape index (κ3) is 2.92. The molecule has 6 heteroatoms. The fraction of sp³-hybridized carbons (Fsp3) is 0.500. The summed E-state index contributed by atoms with van der Waals surface area (Å²) in [6.07, 6.45) is 0.0928. The first-order chi connectivity index (χ1) is 10.5. The lowest BCUT2D eigenvalue weighted by molar-refractivity contribution is -0.141. The SMILES string of the molecule is CN1CCN(c2ccc(N3CC(C(=O)O)CC3=O)cc2)CC1. The maximum Gasteiger partial charge on any atom is 0.308 e. The zero-order valence-electron chi connectivity index (χ0n) is 12.7. The molecule has 1 atom stereocenters. The van der Waals surface area contributed by atoms with Crippen LogP contribution in [-0.2, 0) is 9.59 Å². The van der Waals surface area contributed by atoms with Crippen LogP contribution in [0.5, 0.6) is 0 Å². The van der Waals surface area contributed by atoms with Crippen molar-refractivity contribution < 1.29 is 14.7 Å². The van der Waals surface area contributed by atoms with E-state index in [0.29, 0.717) is 0 Å². The first-order valence-electron chi connectivity index (χ1n) is 7.61. The van der Waals surface area contributed by atoms with Gasteiger partial charge in [-0.05, 0) is 31.3 Å². The number of carboxylic acid groups (broad SMARTS) is 1. The summed E-state index contributed by atoms with van der Waals surface area (Å²) >= 11 is 0. The topological polar surface area (TPSA) is 64.1 Å². The highest BCUT2D eigenvalue weighted by Crippen LogP contribution is 2.27. The highest BCUT2D eigenvalue weighted by molar-refractivity contribution is 5.99. The monoisotopic (exact) mass is 303 g/mol. The van der Waals surface area contributed by atoms with Crippen LogP contribution in [0.15, 0.2) is 24.3 Å². The molecule has 0 bridgehead atoms. The summed E-state index contributed by atoms with van der Waals surface area (Å²) in [5.41, 5.74) is 1.94. The van der Waals surface area contributed by atoms with Crippen molar-refractivity contribution in [2.45, 2.75) is 6.42 Å². The van der Waals surface area contributed by atoms with E-state index in [0.717, 1.165) is 37.6 Å². The molecule has 2 saturated heterocycles. The molecular weight excluding hydrogens is 282 g/mol. The number of rotatable bonds is 3. The van der Waals surface area contributed by atoms with E-state index >= 15 is 0 Å². The fourth-order valence-corrected chi connectivity index (χ4v) is 3.03. The van der Waals surface area contributed by atoms with Crippen LogP contribution < -0.4 is 9.80 Å². The number of hydrogen-bond acceptors (Lipinski definition) is 4. The minimum atomic E-state index is -0.898. The molecular formula is C16H21N3O3. The molecule has 1 aromatic rings. The van der Waals surface area contributed by atoms with Crippen molar-refractivity contribution in [3.8, 4) is 0 Å². The van der Waals surface area contributed by atoms with Gasteiger partial charge >= 0.3 is 5.97 Å². The molecule has 1 N–H and O–H groups in total. The van der Waals surface area contributed by atoms with E-state index in [2.05, 4.69) is 16.8 Å². The number of carbonyl (C=O) groups is 2. The molecule has 0 saturated carbocycles. The van der Waals surface area contributed by atoms with Gasteiger partial charge in [0.15, 0.2) is 0 Å². The average Bonchev–Trinajstić information content (AvgIpc) is 2.91. The number of piperazine rings is 1. The fourth-order valence-electron chi connectivity index (χ4n) is 3.03. The van der Waals surface area contributed by atoms with Crippen molar-refractivity contribution in [2.24, 2.45) is 5.92 Å². The second-order valence-electron chi connectivity index (χ2n) is 6.05. The van der Waals surface area contributed by atoms with Crippen LogP contribution in [0.2, 0.25) is 0 Å². The van der Waals surface area contributed by atoms with Gasteiger partial charge in [0.2, 0.25) is 5.91 Å². The van der Waals surface area contributed by atoms with E-state index in [4.69, 9.17) is 5.11 Å². The summed E-state index contributed by atoms with van der Waals surface area (Å²) in [5.74, 6) is -1.60. The van der Waals surface area contributed by atoms with Crippen molar-refractivity contribution >= 4 is 23.3 Å². The van der Waals surface area contributed by atoms with Crippen molar-refractivity contribution in [3.05, 3.63) is 24.3 Å². The number of carbonyl (C=O) groups excluding carboxylic acids is 1. The van der Waals surface area contributed by atoms with Crippen LogP contribution in [0.4, 0.5) is 11.4 Å². The Bertz CT molecular complexity index is 565. The van der Waals surface area contributed by atoms with Crippen LogP contribution >= 0.6 is 0 Å². The third-order valence-corrected chi connectivity index (χ3v) is 4.50. The van der Waals surface area contributed by atoms with Crippen LogP contribution in [0.1, 0.15) is 6.42 Å². The Kier molecular flexibility index (Phi) is 4.02. The molecule has 118 valence electrons. The third-order valence-electron chi connectivity index (χ3n) is 4.50. The summed E-state index contributed by atoms with van der Waals surface area (Å²) in [6, 6.07) is 7.86. The number of hydrogen-bond donors (Lipinski definition) is 1. The molecule has 2 aliphatic rings. The molecule has 2 aliphatic heterocycles. The van der Waals surface area contributed by atoms with E-state index in [1.54, 1.807) is 4.90 Å². The lowest BCUT2D eigenvalue weighted by Gasteiger charge is -2.34.